The Labute approximate surface area is 83.8 Å². The lowest BCUT2D eigenvalue weighted by Gasteiger charge is -2.12. The van der Waals surface area contributed by atoms with Gasteiger partial charge in [0.15, 0.2) is 0 Å². The molecule has 14 heavy (non-hydrogen) atoms. The van der Waals surface area contributed by atoms with E-state index in [4.69, 9.17) is 15.2 Å². The molecule has 2 rings (SSSR count). The summed E-state index contributed by atoms with van der Waals surface area (Å²) in [6.07, 6.45) is 2.02. The number of hydrogen-bond donors (Lipinski definition) is 1. The monoisotopic (exact) mass is 193 g/mol. The van der Waals surface area contributed by atoms with Crippen LogP contribution >= 0.6 is 0 Å². The zero-order valence-corrected chi connectivity index (χ0v) is 8.54. The minimum absolute atomic E-state index is 0.117. The van der Waals surface area contributed by atoms with E-state index in [1.165, 1.54) is 5.56 Å². The molecule has 0 aromatic heterocycles. The minimum Gasteiger partial charge on any atom is -0.497 e. The van der Waals surface area contributed by atoms with Crippen molar-refractivity contribution in [3.8, 4) is 11.5 Å². The third-order valence-corrected chi connectivity index (χ3v) is 2.75. The average molecular weight is 193 g/mol. The van der Waals surface area contributed by atoms with Gasteiger partial charge >= 0.3 is 0 Å². The van der Waals surface area contributed by atoms with E-state index < -0.39 is 0 Å². The van der Waals surface area contributed by atoms with Crippen LogP contribution in [0.15, 0.2) is 12.1 Å². The molecular formula is C11H15NO2. The summed E-state index contributed by atoms with van der Waals surface area (Å²) in [6.45, 7) is 0. The number of benzene rings is 1. The molecule has 3 nitrogen and oxygen atoms in total. The van der Waals surface area contributed by atoms with Crippen LogP contribution in [-0.2, 0) is 6.42 Å². The van der Waals surface area contributed by atoms with E-state index in [0.29, 0.717) is 0 Å². The number of aryl methyl sites for hydroxylation is 1. The molecule has 0 amide bonds. The fourth-order valence-corrected chi connectivity index (χ4v) is 2.03. The lowest BCUT2D eigenvalue weighted by molar-refractivity contribution is 0.389. The molecule has 1 aromatic carbocycles. The van der Waals surface area contributed by atoms with Crippen LogP contribution in [-0.4, -0.2) is 14.2 Å². The Bertz CT molecular complexity index is 349. The van der Waals surface area contributed by atoms with Crippen LogP contribution in [0.1, 0.15) is 23.6 Å². The predicted molar refractivity (Wildman–Crippen MR) is 54.8 cm³/mol. The van der Waals surface area contributed by atoms with Crippen molar-refractivity contribution in [1.82, 2.24) is 0 Å². The van der Waals surface area contributed by atoms with Crippen LogP contribution in [0.4, 0.5) is 0 Å². The van der Waals surface area contributed by atoms with Gasteiger partial charge in [0.2, 0.25) is 0 Å². The van der Waals surface area contributed by atoms with Crippen LogP contribution in [0.5, 0.6) is 11.5 Å². The van der Waals surface area contributed by atoms with Gasteiger partial charge in [-0.25, -0.2) is 0 Å². The highest BCUT2D eigenvalue weighted by Crippen LogP contribution is 2.39. The lowest BCUT2D eigenvalue weighted by Crippen LogP contribution is -2.07. The van der Waals surface area contributed by atoms with Gasteiger partial charge in [-0.05, 0) is 24.5 Å². The van der Waals surface area contributed by atoms with Gasteiger partial charge in [0.1, 0.15) is 11.5 Å². The van der Waals surface area contributed by atoms with Gasteiger partial charge in [0, 0.05) is 17.7 Å². The number of fused-ring (bicyclic) bond motifs is 1. The summed E-state index contributed by atoms with van der Waals surface area (Å²) in [5.74, 6) is 1.69. The summed E-state index contributed by atoms with van der Waals surface area (Å²) in [5, 5.41) is 0. The third kappa shape index (κ3) is 1.34. The first-order chi connectivity index (χ1) is 6.76. The highest BCUT2D eigenvalue weighted by Gasteiger charge is 2.24. The molecule has 0 spiro atoms. The molecule has 76 valence electrons. The third-order valence-electron chi connectivity index (χ3n) is 2.75. The van der Waals surface area contributed by atoms with Gasteiger partial charge in [0.05, 0.1) is 14.2 Å². The molecule has 0 heterocycles. The molecule has 0 saturated heterocycles. The molecule has 2 N–H and O–H groups in total. The maximum atomic E-state index is 5.99. The van der Waals surface area contributed by atoms with Crippen LogP contribution in [0, 0.1) is 0 Å². The zero-order chi connectivity index (χ0) is 10.1. The van der Waals surface area contributed by atoms with E-state index in [1.54, 1.807) is 14.2 Å². The molecule has 0 radical (unpaired) electrons. The topological polar surface area (TPSA) is 44.5 Å². The molecule has 0 bridgehead atoms. The summed E-state index contributed by atoms with van der Waals surface area (Å²) < 4.78 is 10.5. The molecule has 0 aliphatic heterocycles. The van der Waals surface area contributed by atoms with Crippen molar-refractivity contribution in [2.75, 3.05) is 14.2 Å². The van der Waals surface area contributed by atoms with Gasteiger partial charge in [0.25, 0.3) is 0 Å². The summed E-state index contributed by atoms with van der Waals surface area (Å²) in [6, 6.07) is 4.06. The zero-order valence-electron chi connectivity index (χ0n) is 8.54. The highest BCUT2D eigenvalue weighted by molar-refractivity contribution is 5.50. The van der Waals surface area contributed by atoms with E-state index in [9.17, 15) is 0 Å². The first-order valence-electron chi connectivity index (χ1n) is 4.76. The average Bonchev–Trinajstić information content (AvgIpc) is 2.59. The molecule has 1 aromatic rings. The number of ether oxygens (including phenoxy) is 2. The maximum Gasteiger partial charge on any atom is 0.127 e. The normalized spacial score (nSPS) is 19.2. The van der Waals surface area contributed by atoms with Gasteiger partial charge < -0.3 is 15.2 Å². The van der Waals surface area contributed by atoms with Crippen LogP contribution in [0.2, 0.25) is 0 Å². The fraction of sp³-hybridized carbons (Fsp3) is 0.455. The number of rotatable bonds is 2. The van der Waals surface area contributed by atoms with E-state index in [2.05, 4.69) is 0 Å². The van der Waals surface area contributed by atoms with E-state index >= 15 is 0 Å². The molecule has 1 atom stereocenters. The SMILES string of the molecule is COc1cc2c(c(OC)c1)[C@@H](N)CC2. The second-order valence-electron chi connectivity index (χ2n) is 3.55. The maximum absolute atomic E-state index is 5.99. The van der Waals surface area contributed by atoms with Crippen molar-refractivity contribution in [2.45, 2.75) is 18.9 Å². The largest absolute Gasteiger partial charge is 0.497 e. The lowest BCUT2D eigenvalue weighted by atomic mass is 10.1. The second kappa shape index (κ2) is 3.50. The van der Waals surface area contributed by atoms with Gasteiger partial charge in [-0.3, -0.25) is 0 Å². The van der Waals surface area contributed by atoms with Crippen LogP contribution < -0.4 is 15.2 Å². The number of hydrogen-bond acceptors (Lipinski definition) is 3. The van der Waals surface area contributed by atoms with Gasteiger partial charge in [-0.2, -0.15) is 0 Å². The molecular weight excluding hydrogens is 178 g/mol. The summed E-state index contributed by atoms with van der Waals surface area (Å²) in [5.41, 5.74) is 8.40. The predicted octanol–water partition coefficient (Wildman–Crippen LogP) is 1.65. The van der Waals surface area contributed by atoms with Crippen molar-refractivity contribution in [2.24, 2.45) is 5.73 Å². The molecule has 0 saturated carbocycles. The second-order valence-corrected chi connectivity index (χ2v) is 3.55. The van der Waals surface area contributed by atoms with Gasteiger partial charge in [-0.15, -0.1) is 0 Å². The Kier molecular flexibility index (Phi) is 2.33. The van der Waals surface area contributed by atoms with Crippen molar-refractivity contribution in [3.63, 3.8) is 0 Å². The van der Waals surface area contributed by atoms with Crippen molar-refractivity contribution >= 4 is 0 Å². The van der Waals surface area contributed by atoms with Crippen molar-refractivity contribution in [3.05, 3.63) is 23.3 Å². The van der Waals surface area contributed by atoms with Crippen LogP contribution in [0.3, 0.4) is 0 Å². The fourth-order valence-electron chi connectivity index (χ4n) is 2.03. The standard InChI is InChI=1S/C11H15NO2/c1-13-8-5-7-3-4-9(12)11(7)10(6-8)14-2/h5-6,9H,3-4,12H2,1-2H3/t9-/m0/s1. The first kappa shape index (κ1) is 9.34. The number of nitrogens with two attached hydrogens (primary N) is 1. The smallest absolute Gasteiger partial charge is 0.127 e. The van der Waals surface area contributed by atoms with Gasteiger partial charge in [-0.1, -0.05) is 0 Å². The van der Waals surface area contributed by atoms with Crippen molar-refractivity contribution in [1.29, 1.82) is 0 Å². The Morgan fingerprint density at radius 2 is 2.07 bits per heavy atom. The molecule has 1 aliphatic rings. The highest BCUT2D eigenvalue weighted by atomic mass is 16.5. The quantitative estimate of drug-likeness (QED) is 0.776. The first-order valence-corrected chi connectivity index (χ1v) is 4.76. The molecule has 3 heteroatoms. The Balaban J connectivity index is 2.52. The molecule has 0 unspecified atom stereocenters. The Hall–Kier alpha value is -1.22. The Morgan fingerprint density at radius 3 is 2.71 bits per heavy atom. The molecule has 0 fully saturated rings. The van der Waals surface area contributed by atoms with Crippen LogP contribution in [0.25, 0.3) is 0 Å². The van der Waals surface area contributed by atoms with E-state index in [0.717, 1.165) is 29.9 Å². The Morgan fingerprint density at radius 1 is 1.29 bits per heavy atom. The minimum atomic E-state index is 0.117. The number of methoxy groups -OCH3 is 2. The summed E-state index contributed by atoms with van der Waals surface area (Å²) in [7, 11) is 3.33. The van der Waals surface area contributed by atoms with E-state index in [1.807, 2.05) is 12.1 Å². The molecule has 1 aliphatic carbocycles. The summed E-state index contributed by atoms with van der Waals surface area (Å²) >= 11 is 0. The van der Waals surface area contributed by atoms with E-state index in [-0.39, 0.29) is 6.04 Å². The van der Waals surface area contributed by atoms with Crippen molar-refractivity contribution < 1.29 is 9.47 Å². The summed E-state index contributed by atoms with van der Waals surface area (Å²) in [4.78, 5) is 0.